The van der Waals surface area contributed by atoms with Gasteiger partial charge in [-0.05, 0) is 44.4 Å². The van der Waals surface area contributed by atoms with Crippen LogP contribution in [0.5, 0.6) is 0 Å². The first-order valence-corrected chi connectivity index (χ1v) is 11.1. The molecular formula is C23H33N5O. The molecule has 0 saturated carbocycles. The van der Waals surface area contributed by atoms with E-state index in [4.69, 9.17) is 0 Å². The zero-order valence-electron chi connectivity index (χ0n) is 18.0. The van der Waals surface area contributed by atoms with E-state index in [9.17, 15) is 4.79 Å². The van der Waals surface area contributed by atoms with Crippen LogP contribution in [-0.4, -0.2) is 32.6 Å². The average Bonchev–Trinajstić information content (AvgIpc) is 2.95. The van der Waals surface area contributed by atoms with E-state index in [1.165, 1.54) is 30.5 Å². The molecule has 0 radical (unpaired) electrons. The van der Waals surface area contributed by atoms with Gasteiger partial charge in [0, 0.05) is 42.4 Å². The molecule has 0 aromatic carbocycles. The van der Waals surface area contributed by atoms with Gasteiger partial charge in [-0.2, -0.15) is 0 Å². The predicted molar refractivity (Wildman–Crippen MR) is 115 cm³/mol. The molecule has 2 aromatic heterocycles. The lowest BCUT2D eigenvalue weighted by atomic mass is 9.92. The maximum absolute atomic E-state index is 12.5. The van der Waals surface area contributed by atoms with Gasteiger partial charge < -0.3 is 4.90 Å². The molecule has 0 atom stereocenters. The largest absolute Gasteiger partial charge is 0.356 e. The molecule has 6 nitrogen and oxygen atoms in total. The third-order valence-electron chi connectivity index (χ3n) is 6.37. The van der Waals surface area contributed by atoms with Crippen molar-refractivity contribution in [2.24, 2.45) is 5.92 Å². The smallest absolute Gasteiger partial charge is 0.253 e. The summed E-state index contributed by atoms with van der Waals surface area (Å²) in [6, 6.07) is 1.70. The lowest BCUT2D eigenvalue weighted by Gasteiger charge is -2.34. The molecule has 3 heterocycles. The number of aryl methyl sites for hydroxylation is 1. The molecule has 1 aliphatic heterocycles. The number of aromatic nitrogens is 4. The standard InChI is InChI=1S/C23H33N5O/c1-23(2,3)20-13-21(29)28(16-26-20)14-17-9-11-27(12-10-17)22-18-7-5-4-6-8-19(18)24-15-25-22/h13,15-17H,4-12,14H2,1-3H3. The predicted octanol–water partition coefficient (Wildman–Crippen LogP) is 3.52. The van der Waals surface area contributed by atoms with Crippen LogP contribution in [-0.2, 0) is 24.8 Å². The molecule has 1 fully saturated rings. The van der Waals surface area contributed by atoms with E-state index in [2.05, 4.69) is 40.6 Å². The van der Waals surface area contributed by atoms with E-state index in [1.54, 1.807) is 23.3 Å². The minimum absolute atomic E-state index is 0.0634. The highest BCUT2D eigenvalue weighted by atomic mass is 16.1. The molecule has 29 heavy (non-hydrogen) atoms. The SMILES string of the molecule is CC(C)(C)c1cc(=O)n(CC2CCN(c3ncnc4c3CCCCC4)CC2)cn1. The van der Waals surface area contributed by atoms with Gasteiger partial charge in [-0.15, -0.1) is 0 Å². The van der Waals surface area contributed by atoms with Crippen LogP contribution in [0.3, 0.4) is 0 Å². The third kappa shape index (κ3) is 4.51. The molecule has 4 rings (SSSR count). The topological polar surface area (TPSA) is 63.9 Å². The van der Waals surface area contributed by atoms with E-state index in [0.29, 0.717) is 5.92 Å². The van der Waals surface area contributed by atoms with Gasteiger partial charge in [0.2, 0.25) is 0 Å². The van der Waals surface area contributed by atoms with Gasteiger partial charge in [0.15, 0.2) is 0 Å². The molecule has 0 spiro atoms. The number of hydrogen-bond donors (Lipinski definition) is 0. The summed E-state index contributed by atoms with van der Waals surface area (Å²) < 4.78 is 1.78. The summed E-state index contributed by atoms with van der Waals surface area (Å²) >= 11 is 0. The summed E-state index contributed by atoms with van der Waals surface area (Å²) in [4.78, 5) is 28.7. The zero-order valence-corrected chi connectivity index (χ0v) is 18.0. The van der Waals surface area contributed by atoms with Crippen LogP contribution in [0.25, 0.3) is 0 Å². The Morgan fingerprint density at radius 2 is 1.79 bits per heavy atom. The Labute approximate surface area is 173 Å². The van der Waals surface area contributed by atoms with E-state index in [0.717, 1.165) is 56.8 Å². The van der Waals surface area contributed by atoms with Crippen molar-refractivity contribution < 1.29 is 0 Å². The van der Waals surface area contributed by atoms with Gasteiger partial charge in [0.05, 0.1) is 12.0 Å². The molecule has 6 heteroatoms. The Balaban J connectivity index is 1.41. The van der Waals surface area contributed by atoms with Gasteiger partial charge >= 0.3 is 0 Å². The lowest BCUT2D eigenvalue weighted by molar-refractivity contribution is 0.348. The number of fused-ring (bicyclic) bond motifs is 1. The number of anilines is 1. The molecule has 1 saturated heterocycles. The third-order valence-corrected chi connectivity index (χ3v) is 6.37. The summed E-state index contributed by atoms with van der Waals surface area (Å²) in [5.74, 6) is 1.66. The highest BCUT2D eigenvalue weighted by molar-refractivity contribution is 5.49. The van der Waals surface area contributed by atoms with Crippen LogP contribution in [0.4, 0.5) is 5.82 Å². The highest BCUT2D eigenvalue weighted by Gasteiger charge is 2.25. The fourth-order valence-electron chi connectivity index (χ4n) is 4.53. The summed E-state index contributed by atoms with van der Waals surface area (Å²) in [6.45, 7) is 9.01. The van der Waals surface area contributed by atoms with Crippen LogP contribution < -0.4 is 10.5 Å². The minimum atomic E-state index is -0.0981. The van der Waals surface area contributed by atoms with Gasteiger partial charge in [-0.25, -0.2) is 15.0 Å². The Bertz CT molecular complexity index is 906. The summed E-state index contributed by atoms with van der Waals surface area (Å²) in [5, 5.41) is 0. The minimum Gasteiger partial charge on any atom is -0.356 e. The number of hydrogen-bond acceptors (Lipinski definition) is 5. The molecule has 2 aromatic rings. The fourth-order valence-corrected chi connectivity index (χ4v) is 4.53. The molecular weight excluding hydrogens is 362 g/mol. The zero-order chi connectivity index (χ0) is 20.4. The van der Waals surface area contributed by atoms with Crippen molar-refractivity contribution in [3.63, 3.8) is 0 Å². The second-order valence-corrected chi connectivity index (χ2v) is 9.63. The average molecular weight is 396 g/mol. The van der Waals surface area contributed by atoms with Crippen molar-refractivity contribution in [2.75, 3.05) is 18.0 Å². The Kier molecular flexibility index (Phi) is 5.70. The van der Waals surface area contributed by atoms with Gasteiger partial charge in [-0.1, -0.05) is 27.2 Å². The molecule has 0 N–H and O–H groups in total. The Morgan fingerprint density at radius 1 is 1.03 bits per heavy atom. The van der Waals surface area contributed by atoms with Crippen molar-refractivity contribution in [1.82, 2.24) is 19.5 Å². The first-order valence-electron chi connectivity index (χ1n) is 11.1. The molecule has 2 aliphatic rings. The molecule has 1 aliphatic carbocycles. The highest BCUT2D eigenvalue weighted by Crippen LogP contribution is 2.30. The van der Waals surface area contributed by atoms with Crippen LogP contribution in [0, 0.1) is 5.92 Å². The Hall–Kier alpha value is -2.24. The molecule has 156 valence electrons. The van der Waals surface area contributed by atoms with Crippen LogP contribution in [0.1, 0.15) is 69.8 Å². The van der Waals surface area contributed by atoms with Crippen LogP contribution in [0.15, 0.2) is 23.5 Å². The van der Waals surface area contributed by atoms with Crippen LogP contribution in [0.2, 0.25) is 0 Å². The summed E-state index contributed by atoms with van der Waals surface area (Å²) in [5.41, 5.74) is 3.46. The van der Waals surface area contributed by atoms with E-state index in [1.807, 2.05) is 0 Å². The van der Waals surface area contributed by atoms with Gasteiger partial charge in [-0.3, -0.25) is 9.36 Å². The Morgan fingerprint density at radius 3 is 2.52 bits per heavy atom. The lowest BCUT2D eigenvalue weighted by Crippen LogP contribution is -2.37. The first kappa shape index (κ1) is 20.0. The van der Waals surface area contributed by atoms with Gasteiger partial charge in [0.1, 0.15) is 12.1 Å². The quantitative estimate of drug-likeness (QED) is 0.744. The van der Waals surface area contributed by atoms with Crippen molar-refractivity contribution in [3.05, 3.63) is 46.0 Å². The second kappa shape index (κ2) is 8.25. The number of rotatable bonds is 3. The van der Waals surface area contributed by atoms with Crippen LogP contribution >= 0.6 is 0 Å². The molecule has 0 bridgehead atoms. The number of piperidine rings is 1. The molecule has 0 amide bonds. The maximum Gasteiger partial charge on any atom is 0.253 e. The summed E-state index contributed by atoms with van der Waals surface area (Å²) in [7, 11) is 0. The monoisotopic (exact) mass is 395 g/mol. The van der Waals surface area contributed by atoms with E-state index < -0.39 is 0 Å². The number of nitrogens with zero attached hydrogens (tertiary/aromatic N) is 5. The molecule has 0 unspecified atom stereocenters. The normalized spacial score (nSPS) is 18.4. The maximum atomic E-state index is 12.5. The first-order chi connectivity index (χ1) is 13.9. The van der Waals surface area contributed by atoms with Crippen molar-refractivity contribution in [1.29, 1.82) is 0 Å². The van der Waals surface area contributed by atoms with E-state index >= 15 is 0 Å². The fraction of sp³-hybridized carbons (Fsp3) is 0.652. The van der Waals surface area contributed by atoms with Crippen molar-refractivity contribution >= 4 is 5.82 Å². The van der Waals surface area contributed by atoms with Crippen molar-refractivity contribution in [3.8, 4) is 0 Å². The second-order valence-electron chi connectivity index (χ2n) is 9.63. The van der Waals surface area contributed by atoms with Crippen molar-refractivity contribution in [2.45, 2.75) is 77.7 Å². The van der Waals surface area contributed by atoms with E-state index in [-0.39, 0.29) is 11.0 Å². The van der Waals surface area contributed by atoms with Gasteiger partial charge in [0.25, 0.3) is 5.56 Å². The summed E-state index contributed by atoms with van der Waals surface area (Å²) in [6.07, 6.45) is 11.6.